The van der Waals surface area contributed by atoms with Gasteiger partial charge in [-0.2, -0.15) is 0 Å². The Kier molecular flexibility index (Phi) is 8.32. The van der Waals surface area contributed by atoms with Crippen LogP contribution in [0.5, 0.6) is 0 Å². The summed E-state index contributed by atoms with van der Waals surface area (Å²) in [4.78, 5) is 15.1. The number of fused-ring (bicyclic) bond motifs is 2. The van der Waals surface area contributed by atoms with E-state index in [1.54, 1.807) is 0 Å². The minimum absolute atomic E-state index is 0. The molecule has 0 aromatic rings. The molecule has 0 aromatic carbocycles. The van der Waals surface area contributed by atoms with Gasteiger partial charge in [-0.1, -0.05) is 13.8 Å². The normalized spacial score (nSPS) is 39.7. The fourth-order valence-electron chi connectivity index (χ4n) is 5.44. The molecule has 24 heavy (non-hydrogen) atoms. The van der Waals surface area contributed by atoms with Gasteiger partial charge in [0, 0.05) is 31.7 Å². The molecule has 6 heteroatoms. The van der Waals surface area contributed by atoms with Crippen LogP contribution in [0.2, 0.25) is 0 Å². The van der Waals surface area contributed by atoms with E-state index in [1.165, 1.54) is 25.7 Å². The lowest BCUT2D eigenvalue weighted by Crippen LogP contribution is -2.51. The molecule has 3 aliphatic rings. The van der Waals surface area contributed by atoms with Crippen molar-refractivity contribution in [3.63, 3.8) is 0 Å². The number of hydrogen-bond acceptors (Lipinski definition) is 3. The summed E-state index contributed by atoms with van der Waals surface area (Å²) in [6.07, 6.45) is 4.94. The van der Waals surface area contributed by atoms with Crippen LogP contribution < -0.4 is 11.1 Å². The minimum atomic E-state index is 0. The molecule has 0 radical (unpaired) electrons. The Morgan fingerprint density at radius 2 is 1.71 bits per heavy atom. The van der Waals surface area contributed by atoms with Crippen LogP contribution in [0.1, 0.15) is 46.5 Å². The molecule has 3 N–H and O–H groups in total. The predicted octanol–water partition coefficient (Wildman–Crippen LogP) is 2.69. The zero-order valence-electron chi connectivity index (χ0n) is 15.2. The van der Waals surface area contributed by atoms with Gasteiger partial charge in [-0.15, -0.1) is 24.8 Å². The van der Waals surface area contributed by atoms with Gasteiger partial charge >= 0.3 is 0 Å². The van der Waals surface area contributed by atoms with E-state index in [2.05, 4.69) is 31.0 Å². The third-order valence-corrected chi connectivity index (χ3v) is 6.15. The SMILES string of the molecule is CC1CC(C)CN(CC(C)NC(=O)C2C3CCC(C3)C2N)C1.Cl.Cl. The van der Waals surface area contributed by atoms with E-state index >= 15 is 0 Å². The summed E-state index contributed by atoms with van der Waals surface area (Å²) in [6, 6.07) is 0.317. The Morgan fingerprint density at radius 1 is 1.12 bits per heavy atom. The summed E-state index contributed by atoms with van der Waals surface area (Å²) >= 11 is 0. The Bertz CT molecular complexity index is 411. The molecule has 0 aromatic heterocycles. The number of carbonyl (C=O) groups is 1. The highest BCUT2D eigenvalue weighted by Gasteiger charge is 2.49. The van der Waals surface area contributed by atoms with Crippen molar-refractivity contribution in [3.8, 4) is 0 Å². The fourth-order valence-corrected chi connectivity index (χ4v) is 5.44. The van der Waals surface area contributed by atoms with E-state index in [0.717, 1.165) is 31.5 Å². The molecule has 142 valence electrons. The third kappa shape index (κ3) is 4.78. The Balaban J connectivity index is 0.00000144. The van der Waals surface area contributed by atoms with Gasteiger partial charge in [-0.3, -0.25) is 4.79 Å². The molecular weight excluding hydrogens is 345 g/mol. The number of carbonyl (C=O) groups excluding carboxylic acids is 1. The van der Waals surface area contributed by atoms with E-state index < -0.39 is 0 Å². The van der Waals surface area contributed by atoms with Gasteiger partial charge in [0.1, 0.15) is 0 Å². The largest absolute Gasteiger partial charge is 0.352 e. The van der Waals surface area contributed by atoms with Crippen molar-refractivity contribution in [2.45, 2.75) is 58.5 Å². The Hall–Kier alpha value is -0.0300. The van der Waals surface area contributed by atoms with Crippen LogP contribution in [0.15, 0.2) is 0 Å². The van der Waals surface area contributed by atoms with E-state index in [1.807, 2.05) is 0 Å². The zero-order chi connectivity index (χ0) is 15.9. The van der Waals surface area contributed by atoms with Crippen LogP contribution in [-0.4, -0.2) is 42.5 Å². The maximum Gasteiger partial charge on any atom is 0.225 e. The van der Waals surface area contributed by atoms with Gasteiger partial charge in [0.05, 0.1) is 5.92 Å². The van der Waals surface area contributed by atoms with Gasteiger partial charge in [0.2, 0.25) is 5.91 Å². The summed E-state index contributed by atoms with van der Waals surface area (Å²) in [7, 11) is 0. The van der Waals surface area contributed by atoms with Gasteiger partial charge in [-0.25, -0.2) is 0 Å². The van der Waals surface area contributed by atoms with E-state index in [-0.39, 0.29) is 48.7 Å². The number of nitrogens with two attached hydrogens (primary N) is 1. The number of nitrogens with one attached hydrogen (secondary N) is 1. The van der Waals surface area contributed by atoms with Gasteiger partial charge in [0.15, 0.2) is 0 Å². The molecule has 7 atom stereocenters. The predicted molar refractivity (Wildman–Crippen MR) is 104 cm³/mol. The molecule has 1 saturated heterocycles. The van der Waals surface area contributed by atoms with Crippen molar-refractivity contribution >= 4 is 30.7 Å². The maximum absolute atomic E-state index is 12.6. The number of rotatable bonds is 4. The van der Waals surface area contributed by atoms with E-state index in [4.69, 9.17) is 5.73 Å². The first-order valence-corrected chi connectivity index (χ1v) is 9.22. The number of piperidine rings is 1. The molecule has 1 amide bonds. The molecule has 3 rings (SSSR count). The summed E-state index contributed by atoms with van der Waals surface area (Å²) in [5, 5.41) is 3.25. The highest BCUT2D eigenvalue weighted by molar-refractivity contribution is 5.85. The lowest BCUT2D eigenvalue weighted by atomic mass is 9.84. The average Bonchev–Trinajstić information content (AvgIpc) is 2.97. The molecule has 1 heterocycles. The summed E-state index contributed by atoms with van der Waals surface area (Å²) < 4.78 is 0. The van der Waals surface area contributed by atoms with Crippen molar-refractivity contribution in [2.75, 3.05) is 19.6 Å². The van der Waals surface area contributed by atoms with Crippen LogP contribution in [0.4, 0.5) is 0 Å². The summed E-state index contributed by atoms with van der Waals surface area (Å²) in [5.41, 5.74) is 6.29. The molecule has 0 spiro atoms. The van der Waals surface area contributed by atoms with Crippen molar-refractivity contribution < 1.29 is 4.79 Å². The van der Waals surface area contributed by atoms with Gasteiger partial charge in [0.25, 0.3) is 0 Å². The molecule has 2 saturated carbocycles. The monoisotopic (exact) mass is 379 g/mol. The lowest BCUT2D eigenvalue weighted by molar-refractivity contribution is -0.127. The maximum atomic E-state index is 12.6. The summed E-state index contributed by atoms with van der Waals surface area (Å²) in [5.74, 6) is 2.96. The number of hydrogen-bond donors (Lipinski definition) is 2. The summed E-state index contributed by atoms with van der Waals surface area (Å²) in [6.45, 7) is 10.1. The molecule has 3 fully saturated rings. The van der Waals surface area contributed by atoms with E-state index in [9.17, 15) is 4.79 Å². The molecular formula is C18H35Cl2N3O. The van der Waals surface area contributed by atoms with Crippen LogP contribution in [0, 0.1) is 29.6 Å². The van der Waals surface area contributed by atoms with Crippen molar-refractivity contribution in [1.29, 1.82) is 0 Å². The Morgan fingerprint density at radius 3 is 2.25 bits per heavy atom. The lowest BCUT2D eigenvalue weighted by Gasteiger charge is -2.37. The number of nitrogens with zero attached hydrogens (tertiary/aromatic N) is 1. The molecule has 2 bridgehead atoms. The second-order valence-electron chi connectivity index (χ2n) is 8.51. The van der Waals surface area contributed by atoms with Crippen molar-refractivity contribution in [3.05, 3.63) is 0 Å². The van der Waals surface area contributed by atoms with Gasteiger partial charge < -0.3 is 16.0 Å². The van der Waals surface area contributed by atoms with Crippen molar-refractivity contribution in [1.82, 2.24) is 10.2 Å². The first-order chi connectivity index (χ1) is 10.4. The molecule has 7 unspecified atom stereocenters. The smallest absolute Gasteiger partial charge is 0.225 e. The Labute approximate surface area is 159 Å². The van der Waals surface area contributed by atoms with Crippen LogP contribution >= 0.6 is 24.8 Å². The van der Waals surface area contributed by atoms with E-state index in [0.29, 0.717) is 11.8 Å². The standard InChI is InChI=1S/C18H33N3O.2ClH/c1-11-6-12(2)9-21(8-11)10-13(3)20-18(22)16-14-4-5-15(7-14)17(16)19;;/h11-17H,4-10,19H2,1-3H3,(H,20,22);2*1H. The second kappa shape index (κ2) is 9.07. The third-order valence-electron chi connectivity index (χ3n) is 6.15. The second-order valence-corrected chi connectivity index (χ2v) is 8.51. The first-order valence-electron chi connectivity index (χ1n) is 9.22. The highest BCUT2D eigenvalue weighted by Crippen LogP contribution is 2.47. The number of halogens is 2. The fraction of sp³-hybridized carbons (Fsp3) is 0.944. The quantitative estimate of drug-likeness (QED) is 0.789. The molecule has 4 nitrogen and oxygen atoms in total. The van der Waals surface area contributed by atoms with Crippen LogP contribution in [0.25, 0.3) is 0 Å². The highest BCUT2D eigenvalue weighted by atomic mass is 35.5. The van der Waals surface area contributed by atoms with Crippen LogP contribution in [0.3, 0.4) is 0 Å². The van der Waals surface area contributed by atoms with Crippen molar-refractivity contribution in [2.24, 2.45) is 35.3 Å². The zero-order valence-corrected chi connectivity index (χ0v) is 16.9. The minimum Gasteiger partial charge on any atom is -0.352 e. The first kappa shape index (κ1) is 22.0. The number of likely N-dealkylation sites (tertiary alicyclic amines) is 1. The molecule has 2 aliphatic carbocycles. The molecule has 1 aliphatic heterocycles. The topological polar surface area (TPSA) is 58.4 Å². The van der Waals surface area contributed by atoms with Gasteiger partial charge in [-0.05, 0) is 56.3 Å². The number of amides is 1. The van der Waals surface area contributed by atoms with Crippen LogP contribution in [-0.2, 0) is 4.79 Å². The average molecular weight is 380 g/mol.